The SMILES string of the molecule is COc1cc(S(=O)(=O)NNC(=O)c2oc3ccccc3c2C)ccc1NC(C)=O. The fraction of sp³-hybridized carbons (Fsp3) is 0.158. The van der Waals surface area contributed by atoms with E-state index in [1.54, 1.807) is 25.1 Å². The molecule has 10 heteroatoms. The molecule has 0 saturated carbocycles. The number of ether oxygens (including phenoxy) is 1. The molecule has 0 aliphatic rings. The maximum absolute atomic E-state index is 12.5. The van der Waals surface area contributed by atoms with Crippen LogP contribution in [0.3, 0.4) is 0 Å². The first-order chi connectivity index (χ1) is 13.7. The quantitative estimate of drug-likeness (QED) is 0.529. The van der Waals surface area contributed by atoms with Gasteiger partial charge in [0.2, 0.25) is 5.91 Å². The van der Waals surface area contributed by atoms with E-state index >= 15 is 0 Å². The Hall–Kier alpha value is -3.37. The number of sulfonamides is 1. The van der Waals surface area contributed by atoms with Crippen molar-refractivity contribution in [2.45, 2.75) is 18.7 Å². The molecule has 0 fully saturated rings. The molecule has 0 radical (unpaired) electrons. The van der Waals surface area contributed by atoms with Gasteiger partial charge in [-0.15, -0.1) is 4.83 Å². The number of hydrogen-bond acceptors (Lipinski definition) is 6. The van der Waals surface area contributed by atoms with Gasteiger partial charge in [0.05, 0.1) is 17.7 Å². The summed E-state index contributed by atoms with van der Waals surface area (Å²) in [4.78, 5) is 25.5. The summed E-state index contributed by atoms with van der Waals surface area (Å²) >= 11 is 0. The molecule has 0 bridgehead atoms. The summed E-state index contributed by atoms with van der Waals surface area (Å²) in [6.07, 6.45) is 0. The highest BCUT2D eigenvalue weighted by Gasteiger charge is 2.21. The van der Waals surface area contributed by atoms with Crippen molar-refractivity contribution in [2.75, 3.05) is 12.4 Å². The summed E-state index contributed by atoms with van der Waals surface area (Å²) in [5.74, 6) is -0.898. The van der Waals surface area contributed by atoms with Gasteiger partial charge in [-0.05, 0) is 25.1 Å². The number of hydrazine groups is 1. The molecule has 9 nitrogen and oxygen atoms in total. The van der Waals surface area contributed by atoms with E-state index in [0.29, 0.717) is 16.8 Å². The summed E-state index contributed by atoms with van der Waals surface area (Å²) in [5, 5.41) is 3.30. The number of fused-ring (bicyclic) bond motifs is 1. The predicted molar refractivity (Wildman–Crippen MR) is 106 cm³/mol. The van der Waals surface area contributed by atoms with Crippen LogP contribution in [0.15, 0.2) is 51.8 Å². The summed E-state index contributed by atoms with van der Waals surface area (Å²) in [7, 11) is -2.76. The van der Waals surface area contributed by atoms with E-state index in [4.69, 9.17) is 9.15 Å². The molecule has 0 unspecified atom stereocenters. The van der Waals surface area contributed by atoms with E-state index in [1.165, 1.54) is 32.2 Å². The van der Waals surface area contributed by atoms with Gasteiger partial charge in [0.25, 0.3) is 10.0 Å². The van der Waals surface area contributed by atoms with E-state index < -0.39 is 15.9 Å². The van der Waals surface area contributed by atoms with E-state index in [9.17, 15) is 18.0 Å². The van der Waals surface area contributed by atoms with Crippen LogP contribution in [0.5, 0.6) is 5.75 Å². The third-order valence-corrected chi connectivity index (χ3v) is 5.39. The highest BCUT2D eigenvalue weighted by Crippen LogP contribution is 2.28. The van der Waals surface area contributed by atoms with Crippen molar-refractivity contribution in [3.63, 3.8) is 0 Å². The second-order valence-electron chi connectivity index (χ2n) is 6.16. The van der Waals surface area contributed by atoms with Crippen LogP contribution >= 0.6 is 0 Å². The van der Waals surface area contributed by atoms with E-state index in [2.05, 4.69) is 10.7 Å². The molecule has 0 saturated heterocycles. The zero-order valence-electron chi connectivity index (χ0n) is 15.9. The standard InChI is InChI=1S/C19H19N3O6S/c1-11-14-6-4-5-7-16(14)28-18(11)19(24)21-22-29(25,26)13-8-9-15(20-12(2)23)17(10-13)27-3/h4-10,22H,1-3H3,(H,20,23)(H,21,24). The van der Waals surface area contributed by atoms with E-state index in [0.717, 1.165) is 5.39 Å². The number of benzene rings is 2. The number of anilines is 1. The van der Waals surface area contributed by atoms with Crippen molar-refractivity contribution in [2.24, 2.45) is 0 Å². The Morgan fingerprint density at radius 2 is 1.83 bits per heavy atom. The normalized spacial score (nSPS) is 11.3. The lowest BCUT2D eigenvalue weighted by Crippen LogP contribution is -2.41. The van der Waals surface area contributed by atoms with Crippen molar-refractivity contribution < 1.29 is 27.2 Å². The molecule has 2 aromatic carbocycles. The van der Waals surface area contributed by atoms with Crippen molar-refractivity contribution in [1.29, 1.82) is 0 Å². The molecule has 1 aromatic heterocycles. The molecular formula is C19H19N3O6S. The minimum atomic E-state index is -4.10. The molecule has 0 aliphatic carbocycles. The fourth-order valence-corrected chi connectivity index (χ4v) is 3.61. The first-order valence-corrected chi connectivity index (χ1v) is 9.97. The van der Waals surface area contributed by atoms with E-state index in [1.807, 2.05) is 10.9 Å². The van der Waals surface area contributed by atoms with Crippen LogP contribution in [0.1, 0.15) is 23.0 Å². The summed E-state index contributed by atoms with van der Waals surface area (Å²) in [6, 6.07) is 11.0. The Morgan fingerprint density at radius 1 is 1.10 bits per heavy atom. The monoisotopic (exact) mass is 417 g/mol. The van der Waals surface area contributed by atoms with Crippen LogP contribution in [0, 0.1) is 6.92 Å². The number of amides is 2. The second-order valence-corrected chi connectivity index (χ2v) is 7.84. The molecular weight excluding hydrogens is 398 g/mol. The lowest BCUT2D eigenvalue weighted by atomic mass is 10.1. The third-order valence-electron chi connectivity index (χ3n) is 4.14. The number of furan rings is 1. The first-order valence-electron chi connectivity index (χ1n) is 8.49. The number of aryl methyl sites for hydroxylation is 1. The molecule has 152 valence electrons. The predicted octanol–water partition coefficient (Wildman–Crippen LogP) is 2.33. The molecule has 3 rings (SSSR count). The minimum absolute atomic E-state index is 0.00693. The minimum Gasteiger partial charge on any atom is -0.495 e. The Labute approximate surface area is 167 Å². The van der Waals surface area contributed by atoms with Crippen molar-refractivity contribution in [3.8, 4) is 5.75 Å². The van der Waals surface area contributed by atoms with Crippen LogP contribution in [0.4, 0.5) is 5.69 Å². The number of para-hydroxylation sites is 1. The van der Waals surface area contributed by atoms with Crippen LogP contribution < -0.4 is 20.3 Å². The number of rotatable bonds is 6. The second kappa shape index (κ2) is 7.94. The smallest absolute Gasteiger partial charge is 0.302 e. The van der Waals surface area contributed by atoms with Gasteiger partial charge in [-0.2, -0.15) is 0 Å². The Bertz CT molecular complexity index is 1200. The van der Waals surface area contributed by atoms with Gasteiger partial charge in [-0.3, -0.25) is 15.0 Å². The number of nitrogens with one attached hydrogen (secondary N) is 3. The molecule has 1 heterocycles. The molecule has 0 atom stereocenters. The molecule has 0 aliphatic heterocycles. The highest BCUT2D eigenvalue weighted by molar-refractivity contribution is 7.89. The average molecular weight is 417 g/mol. The summed E-state index contributed by atoms with van der Waals surface area (Å²) < 4.78 is 35.7. The zero-order valence-corrected chi connectivity index (χ0v) is 16.7. The Morgan fingerprint density at radius 3 is 2.48 bits per heavy atom. The van der Waals surface area contributed by atoms with Gasteiger partial charge in [0.1, 0.15) is 11.3 Å². The van der Waals surface area contributed by atoms with Gasteiger partial charge >= 0.3 is 5.91 Å². The fourth-order valence-electron chi connectivity index (χ4n) is 2.75. The number of methoxy groups -OCH3 is 1. The van der Waals surface area contributed by atoms with Crippen molar-refractivity contribution in [3.05, 3.63) is 53.8 Å². The van der Waals surface area contributed by atoms with Gasteiger partial charge in [0, 0.05) is 23.9 Å². The van der Waals surface area contributed by atoms with Gasteiger partial charge in [0.15, 0.2) is 5.76 Å². The topological polar surface area (TPSA) is 127 Å². The van der Waals surface area contributed by atoms with Crippen LogP contribution in [0.2, 0.25) is 0 Å². The number of carbonyl (C=O) groups excluding carboxylic acids is 2. The lowest BCUT2D eigenvalue weighted by Gasteiger charge is -2.12. The Kier molecular flexibility index (Phi) is 5.57. The summed E-state index contributed by atoms with van der Waals surface area (Å²) in [5.41, 5.74) is 3.58. The van der Waals surface area contributed by atoms with Crippen LogP contribution in [0.25, 0.3) is 11.0 Å². The van der Waals surface area contributed by atoms with E-state index in [-0.39, 0.29) is 22.3 Å². The van der Waals surface area contributed by atoms with Gasteiger partial charge in [-0.1, -0.05) is 18.2 Å². The van der Waals surface area contributed by atoms with Crippen LogP contribution in [-0.4, -0.2) is 27.3 Å². The molecule has 3 N–H and O–H groups in total. The zero-order chi connectivity index (χ0) is 21.2. The van der Waals surface area contributed by atoms with Gasteiger partial charge in [-0.25, -0.2) is 8.42 Å². The number of carbonyl (C=O) groups is 2. The maximum Gasteiger partial charge on any atom is 0.302 e. The van der Waals surface area contributed by atoms with Crippen LogP contribution in [-0.2, 0) is 14.8 Å². The summed E-state index contributed by atoms with van der Waals surface area (Å²) in [6.45, 7) is 3.03. The third kappa shape index (κ3) is 4.23. The average Bonchev–Trinajstić information content (AvgIpc) is 3.03. The maximum atomic E-state index is 12.5. The van der Waals surface area contributed by atoms with Crippen molar-refractivity contribution in [1.82, 2.24) is 10.3 Å². The van der Waals surface area contributed by atoms with Gasteiger partial charge < -0.3 is 14.5 Å². The molecule has 29 heavy (non-hydrogen) atoms. The molecule has 2 amide bonds. The largest absolute Gasteiger partial charge is 0.495 e. The van der Waals surface area contributed by atoms with Crippen molar-refractivity contribution >= 4 is 38.5 Å². The molecule has 3 aromatic rings. The highest BCUT2D eigenvalue weighted by atomic mass is 32.2. The molecule has 0 spiro atoms. The first kappa shape index (κ1) is 20.4. The number of hydrogen-bond donors (Lipinski definition) is 3. The Balaban J connectivity index is 1.79. The lowest BCUT2D eigenvalue weighted by molar-refractivity contribution is -0.114.